The number of benzene rings is 2. The van der Waals surface area contributed by atoms with Crippen molar-refractivity contribution >= 4 is 38.9 Å². The first-order valence-electron chi connectivity index (χ1n) is 10.4. The molecule has 11 heteroatoms. The zero-order valence-corrected chi connectivity index (χ0v) is 19.6. The summed E-state index contributed by atoms with van der Waals surface area (Å²) in [5, 5.41) is 8.52. The summed E-state index contributed by atoms with van der Waals surface area (Å²) in [6.45, 7) is 4.46. The van der Waals surface area contributed by atoms with Crippen LogP contribution in [0.4, 0.5) is 17.1 Å². The number of ether oxygens (including phenoxy) is 2. The summed E-state index contributed by atoms with van der Waals surface area (Å²) in [5.74, 6) is -0.0248. The Hall–Kier alpha value is -3.15. The first kappa shape index (κ1) is 24.5. The smallest absolute Gasteiger partial charge is 0.246 e. The van der Waals surface area contributed by atoms with E-state index in [0.29, 0.717) is 49.1 Å². The molecule has 0 saturated carbocycles. The van der Waals surface area contributed by atoms with Crippen molar-refractivity contribution in [2.75, 3.05) is 49.4 Å². The number of amides is 2. The van der Waals surface area contributed by atoms with Crippen molar-refractivity contribution < 1.29 is 27.5 Å². The fraction of sp³-hybridized carbons (Fsp3) is 0.364. The maximum Gasteiger partial charge on any atom is 0.246 e. The van der Waals surface area contributed by atoms with E-state index in [1.165, 1.54) is 30.5 Å². The van der Waals surface area contributed by atoms with Crippen molar-refractivity contribution in [1.82, 2.24) is 4.31 Å². The molecular weight excluding hydrogens is 448 g/mol. The van der Waals surface area contributed by atoms with Crippen LogP contribution in [0.25, 0.3) is 0 Å². The van der Waals surface area contributed by atoms with Crippen molar-refractivity contribution in [3.8, 4) is 5.75 Å². The summed E-state index contributed by atoms with van der Waals surface area (Å²) < 4.78 is 37.4. The van der Waals surface area contributed by atoms with Gasteiger partial charge in [-0.15, -0.1) is 0 Å². The second kappa shape index (κ2) is 10.6. The molecule has 1 atom stereocenters. The van der Waals surface area contributed by atoms with Crippen LogP contribution in [-0.4, -0.2) is 64.0 Å². The van der Waals surface area contributed by atoms with Crippen LogP contribution in [0.15, 0.2) is 47.4 Å². The Morgan fingerprint density at radius 1 is 1.03 bits per heavy atom. The molecule has 0 aliphatic carbocycles. The van der Waals surface area contributed by atoms with Crippen LogP contribution in [0.1, 0.15) is 13.8 Å². The van der Waals surface area contributed by atoms with Crippen molar-refractivity contribution in [3.05, 3.63) is 42.5 Å². The third-order valence-corrected chi connectivity index (χ3v) is 6.93. The fourth-order valence-corrected chi connectivity index (χ4v) is 4.71. The normalized spacial score (nSPS) is 15.4. The number of nitrogens with zero attached hydrogens (tertiary/aromatic N) is 1. The molecule has 0 aromatic heterocycles. The van der Waals surface area contributed by atoms with Crippen molar-refractivity contribution in [2.45, 2.75) is 24.8 Å². The number of nitrogens with one attached hydrogen (secondary N) is 3. The lowest BCUT2D eigenvalue weighted by Gasteiger charge is -2.26. The highest BCUT2D eigenvalue weighted by Gasteiger charge is 2.26. The van der Waals surface area contributed by atoms with Gasteiger partial charge >= 0.3 is 0 Å². The number of anilines is 3. The van der Waals surface area contributed by atoms with Crippen LogP contribution in [0.2, 0.25) is 0 Å². The minimum Gasteiger partial charge on any atom is -0.495 e. The average Bonchev–Trinajstić information content (AvgIpc) is 2.80. The topological polar surface area (TPSA) is 126 Å². The molecule has 1 saturated heterocycles. The number of rotatable bonds is 8. The van der Waals surface area contributed by atoms with E-state index in [4.69, 9.17) is 9.47 Å². The lowest BCUT2D eigenvalue weighted by atomic mass is 10.2. The Bertz CT molecular complexity index is 1100. The van der Waals surface area contributed by atoms with Crippen LogP contribution in [0.5, 0.6) is 5.75 Å². The van der Waals surface area contributed by atoms with Gasteiger partial charge in [-0.05, 0) is 49.4 Å². The van der Waals surface area contributed by atoms with Gasteiger partial charge in [0.2, 0.25) is 21.8 Å². The van der Waals surface area contributed by atoms with E-state index in [9.17, 15) is 18.0 Å². The van der Waals surface area contributed by atoms with Crippen LogP contribution in [-0.2, 0) is 24.3 Å². The van der Waals surface area contributed by atoms with Gasteiger partial charge < -0.3 is 25.4 Å². The number of sulfonamides is 1. The molecule has 0 bridgehead atoms. The van der Waals surface area contributed by atoms with Gasteiger partial charge in [-0.25, -0.2) is 8.42 Å². The second-order valence-corrected chi connectivity index (χ2v) is 9.43. The summed E-state index contributed by atoms with van der Waals surface area (Å²) in [4.78, 5) is 24.2. The minimum atomic E-state index is -3.60. The third kappa shape index (κ3) is 6.21. The minimum absolute atomic E-state index is 0.160. The van der Waals surface area contributed by atoms with E-state index in [1.807, 2.05) is 0 Å². The number of carbonyl (C=O) groups is 2. The molecule has 178 valence electrons. The molecule has 1 aliphatic heterocycles. The lowest BCUT2D eigenvalue weighted by Crippen LogP contribution is -2.40. The molecule has 2 amide bonds. The number of carbonyl (C=O) groups excluding carboxylic acids is 2. The van der Waals surface area contributed by atoms with E-state index in [-0.39, 0.29) is 16.7 Å². The van der Waals surface area contributed by atoms with Gasteiger partial charge in [0.05, 0.1) is 30.9 Å². The van der Waals surface area contributed by atoms with Gasteiger partial charge in [0.25, 0.3) is 0 Å². The Morgan fingerprint density at radius 2 is 1.67 bits per heavy atom. The van der Waals surface area contributed by atoms with Gasteiger partial charge in [-0.3, -0.25) is 9.59 Å². The molecule has 1 fully saturated rings. The summed E-state index contributed by atoms with van der Waals surface area (Å²) >= 11 is 0. The van der Waals surface area contributed by atoms with E-state index in [2.05, 4.69) is 16.0 Å². The fourth-order valence-electron chi connectivity index (χ4n) is 3.30. The highest BCUT2D eigenvalue weighted by molar-refractivity contribution is 7.89. The number of morpholine rings is 1. The maximum atomic E-state index is 12.7. The zero-order valence-electron chi connectivity index (χ0n) is 18.8. The summed E-state index contributed by atoms with van der Waals surface area (Å²) in [7, 11) is -2.09. The SMILES string of the molecule is COc1ccc(NC(C)=O)cc1N[C@H](C)C(=O)Nc1ccc(S(=O)(=O)N2CCOCC2)cc1. The highest BCUT2D eigenvalue weighted by Crippen LogP contribution is 2.28. The first-order valence-corrected chi connectivity index (χ1v) is 11.9. The molecule has 0 unspecified atom stereocenters. The molecule has 10 nitrogen and oxygen atoms in total. The quantitative estimate of drug-likeness (QED) is 0.533. The Balaban J connectivity index is 1.66. The summed E-state index contributed by atoms with van der Waals surface area (Å²) in [6, 6.07) is 10.5. The summed E-state index contributed by atoms with van der Waals surface area (Å²) in [6.07, 6.45) is 0. The molecule has 0 spiro atoms. The molecule has 1 heterocycles. The molecule has 2 aromatic carbocycles. The predicted molar refractivity (Wildman–Crippen MR) is 125 cm³/mol. The van der Waals surface area contributed by atoms with E-state index >= 15 is 0 Å². The molecule has 1 aliphatic rings. The largest absolute Gasteiger partial charge is 0.495 e. The second-order valence-electron chi connectivity index (χ2n) is 7.49. The Morgan fingerprint density at radius 3 is 2.27 bits per heavy atom. The number of methoxy groups -OCH3 is 1. The van der Waals surface area contributed by atoms with Crippen LogP contribution in [0, 0.1) is 0 Å². The molecular formula is C22H28N4O6S. The van der Waals surface area contributed by atoms with Gasteiger partial charge in [0.1, 0.15) is 11.8 Å². The Kier molecular flexibility index (Phi) is 7.90. The summed E-state index contributed by atoms with van der Waals surface area (Å²) in [5.41, 5.74) is 1.57. The predicted octanol–water partition coefficient (Wildman–Crippen LogP) is 2.11. The van der Waals surface area contributed by atoms with Crippen molar-refractivity contribution in [1.29, 1.82) is 0 Å². The van der Waals surface area contributed by atoms with Crippen LogP contribution in [0.3, 0.4) is 0 Å². The van der Waals surface area contributed by atoms with Crippen molar-refractivity contribution in [2.24, 2.45) is 0 Å². The van der Waals surface area contributed by atoms with Gasteiger partial charge in [-0.1, -0.05) is 0 Å². The Labute approximate surface area is 193 Å². The zero-order chi connectivity index (χ0) is 24.0. The standard InChI is InChI=1S/C22H28N4O6S/c1-15(23-20-14-18(24-16(2)27)6-9-21(20)31-3)22(28)25-17-4-7-19(8-5-17)33(29,30)26-10-12-32-13-11-26/h4-9,14-15,23H,10-13H2,1-3H3,(H,24,27)(H,25,28)/t15-/m1/s1. The highest BCUT2D eigenvalue weighted by atomic mass is 32.2. The molecule has 3 N–H and O–H groups in total. The van der Waals surface area contributed by atoms with Crippen LogP contribution < -0.4 is 20.7 Å². The molecule has 33 heavy (non-hydrogen) atoms. The first-order chi connectivity index (χ1) is 15.7. The van der Waals surface area contributed by atoms with Crippen molar-refractivity contribution in [3.63, 3.8) is 0 Å². The van der Waals surface area contributed by atoms with E-state index < -0.39 is 16.1 Å². The van der Waals surface area contributed by atoms with Gasteiger partial charge in [0, 0.05) is 31.4 Å². The molecule has 3 rings (SSSR count). The van der Waals surface area contributed by atoms with Gasteiger partial charge in [-0.2, -0.15) is 4.31 Å². The van der Waals surface area contributed by atoms with E-state index in [0.717, 1.165) is 0 Å². The monoisotopic (exact) mass is 476 g/mol. The number of hydrogen-bond donors (Lipinski definition) is 3. The molecule has 0 radical (unpaired) electrons. The maximum absolute atomic E-state index is 12.7. The molecule has 2 aromatic rings. The number of hydrogen-bond acceptors (Lipinski definition) is 7. The van der Waals surface area contributed by atoms with Gasteiger partial charge in [0.15, 0.2) is 0 Å². The van der Waals surface area contributed by atoms with Crippen LogP contribution >= 0.6 is 0 Å². The lowest BCUT2D eigenvalue weighted by molar-refractivity contribution is -0.116. The van der Waals surface area contributed by atoms with E-state index in [1.54, 1.807) is 37.3 Å². The third-order valence-electron chi connectivity index (χ3n) is 5.01. The average molecular weight is 477 g/mol.